The number of aromatic nitrogens is 2. The van der Waals surface area contributed by atoms with E-state index in [2.05, 4.69) is 4.99 Å². The van der Waals surface area contributed by atoms with Gasteiger partial charge in [-0.3, -0.25) is 4.99 Å². The second kappa shape index (κ2) is 8.44. The first-order valence-electron chi connectivity index (χ1n) is 9.25. The molecule has 3 aromatic carbocycles. The van der Waals surface area contributed by atoms with Crippen LogP contribution in [0.5, 0.6) is 11.5 Å². The van der Waals surface area contributed by atoms with Crippen molar-refractivity contribution in [3.8, 4) is 28.4 Å². The number of hydrogen-bond donors (Lipinski definition) is 0. The molecule has 0 aliphatic rings. The van der Waals surface area contributed by atoms with Crippen LogP contribution in [-0.2, 0) is 0 Å². The average Bonchev–Trinajstić information content (AvgIpc) is 3.23. The van der Waals surface area contributed by atoms with Gasteiger partial charge in [-0.1, -0.05) is 30.3 Å². The Hall–Kier alpha value is -3.86. The maximum absolute atomic E-state index is 5.40. The summed E-state index contributed by atoms with van der Waals surface area (Å²) in [6, 6.07) is 25.5. The van der Waals surface area contributed by atoms with Crippen molar-refractivity contribution in [2.24, 2.45) is 4.99 Å². The van der Waals surface area contributed by atoms with E-state index in [-0.39, 0.29) is 0 Å². The second-order valence-corrected chi connectivity index (χ2v) is 6.37. The molecule has 1 heterocycles. The lowest BCUT2D eigenvalue weighted by atomic mass is 10.1. The van der Waals surface area contributed by atoms with E-state index in [0.717, 1.165) is 39.7 Å². The molecule has 4 rings (SSSR count). The largest absolute Gasteiger partial charge is 0.497 e. The maximum Gasteiger partial charge on any atom is 0.144 e. The van der Waals surface area contributed by atoms with Crippen molar-refractivity contribution in [2.75, 3.05) is 14.2 Å². The molecule has 0 fully saturated rings. The highest BCUT2D eigenvalue weighted by Gasteiger charge is 2.12. The molecule has 1 aromatic heterocycles. The Morgan fingerprint density at radius 2 is 1.55 bits per heavy atom. The predicted octanol–water partition coefficient (Wildman–Crippen LogP) is 5.31. The number of nitrogens with zero attached hydrogens (tertiary/aromatic N) is 3. The number of hydrogen-bond acceptors (Lipinski definition) is 4. The number of para-hydroxylation sites is 3. The van der Waals surface area contributed by atoms with Gasteiger partial charge in [0.2, 0.25) is 0 Å². The van der Waals surface area contributed by atoms with Gasteiger partial charge in [-0.25, -0.2) is 4.68 Å². The molecule has 0 bridgehead atoms. The third kappa shape index (κ3) is 4.04. The Kier molecular flexibility index (Phi) is 5.38. The molecule has 4 aromatic rings. The lowest BCUT2D eigenvalue weighted by molar-refractivity contribution is 0.415. The Morgan fingerprint density at radius 3 is 2.28 bits per heavy atom. The number of aliphatic imine (C=N–C) groups is 1. The fourth-order valence-corrected chi connectivity index (χ4v) is 3.04. The zero-order chi connectivity index (χ0) is 20.1. The standard InChI is InChI=1S/C24H21N3O2/c1-28-21-14-12-18(13-15-21)24-19(16-25-22-10-6-7-11-23(22)29-2)17-27(26-24)20-8-4-3-5-9-20/h3-17H,1-2H3. The van der Waals surface area contributed by atoms with Gasteiger partial charge >= 0.3 is 0 Å². The molecule has 0 spiro atoms. The lowest BCUT2D eigenvalue weighted by Crippen LogP contribution is -1.94. The zero-order valence-electron chi connectivity index (χ0n) is 16.3. The summed E-state index contributed by atoms with van der Waals surface area (Å²) in [6.07, 6.45) is 3.80. The third-order valence-electron chi connectivity index (χ3n) is 4.55. The summed E-state index contributed by atoms with van der Waals surface area (Å²) in [5.41, 5.74) is 4.49. The summed E-state index contributed by atoms with van der Waals surface area (Å²) >= 11 is 0. The minimum absolute atomic E-state index is 0.727. The van der Waals surface area contributed by atoms with E-state index in [0.29, 0.717) is 0 Å². The topological polar surface area (TPSA) is 48.6 Å². The van der Waals surface area contributed by atoms with E-state index in [9.17, 15) is 0 Å². The molecular formula is C24H21N3O2. The van der Waals surface area contributed by atoms with Gasteiger partial charge in [-0.15, -0.1) is 0 Å². The highest BCUT2D eigenvalue weighted by molar-refractivity contribution is 5.90. The third-order valence-corrected chi connectivity index (χ3v) is 4.55. The van der Waals surface area contributed by atoms with Crippen molar-refractivity contribution >= 4 is 11.9 Å². The molecule has 0 radical (unpaired) electrons. The monoisotopic (exact) mass is 383 g/mol. The molecule has 144 valence electrons. The van der Waals surface area contributed by atoms with Gasteiger partial charge in [-0.05, 0) is 48.5 Å². The van der Waals surface area contributed by atoms with Gasteiger partial charge in [0, 0.05) is 23.5 Å². The van der Waals surface area contributed by atoms with Crippen LogP contribution in [-0.4, -0.2) is 30.2 Å². The maximum atomic E-state index is 5.40. The van der Waals surface area contributed by atoms with Crippen LogP contribution in [0.25, 0.3) is 16.9 Å². The molecule has 5 heteroatoms. The molecule has 0 saturated carbocycles. The fourth-order valence-electron chi connectivity index (χ4n) is 3.04. The predicted molar refractivity (Wildman–Crippen MR) is 116 cm³/mol. The van der Waals surface area contributed by atoms with Gasteiger partial charge in [0.15, 0.2) is 0 Å². The van der Waals surface area contributed by atoms with Crippen molar-refractivity contribution < 1.29 is 9.47 Å². The Morgan fingerprint density at radius 1 is 0.828 bits per heavy atom. The van der Waals surface area contributed by atoms with Crippen LogP contribution in [0.2, 0.25) is 0 Å². The highest BCUT2D eigenvalue weighted by atomic mass is 16.5. The first kappa shape index (κ1) is 18.5. The summed E-state index contributed by atoms with van der Waals surface area (Å²) in [4.78, 5) is 4.65. The quantitative estimate of drug-likeness (QED) is 0.424. The van der Waals surface area contributed by atoms with Crippen LogP contribution in [0.3, 0.4) is 0 Å². The van der Waals surface area contributed by atoms with Crippen molar-refractivity contribution in [3.63, 3.8) is 0 Å². The van der Waals surface area contributed by atoms with Crippen LogP contribution >= 0.6 is 0 Å². The van der Waals surface area contributed by atoms with Crippen LogP contribution in [0.4, 0.5) is 5.69 Å². The number of rotatable bonds is 6. The highest BCUT2D eigenvalue weighted by Crippen LogP contribution is 2.28. The first-order valence-corrected chi connectivity index (χ1v) is 9.25. The van der Waals surface area contributed by atoms with Crippen LogP contribution in [0.1, 0.15) is 5.56 Å². The minimum atomic E-state index is 0.727. The van der Waals surface area contributed by atoms with Gasteiger partial charge < -0.3 is 9.47 Å². The first-order chi connectivity index (χ1) is 14.3. The minimum Gasteiger partial charge on any atom is -0.497 e. The summed E-state index contributed by atoms with van der Waals surface area (Å²) in [7, 11) is 3.30. The van der Waals surface area contributed by atoms with Gasteiger partial charge in [0.1, 0.15) is 22.9 Å². The normalized spacial score (nSPS) is 11.0. The molecule has 0 saturated heterocycles. The molecule has 0 unspecified atom stereocenters. The molecule has 0 N–H and O–H groups in total. The van der Waals surface area contributed by atoms with Crippen molar-refractivity contribution in [1.82, 2.24) is 9.78 Å². The summed E-state index contributed by atoms with van der Waals surface area (Å²) in [5.74, 6) is 1.53. The number of methoxy groups -OCH3 is 2. The smallest absolute Gasteiger partial charge is 0.144 e. The lowest BCUT2D eigenvalue weighted by Gasteiger charge is -2.03. The molecule has 0 amide bonds. The second-order valence-electron chi connectivity index (χ2n) is 6.37. The Balaban J connectivity index is 1.78. The van der Waals surface area contributed by atoms with Gasteiger partial charge in [-0.2, -0.15) is 5.10 Å². The fraction of sp³-hybridized carbons (Fsp3) is 0.0833. The van der Waals surface area contributed by atoms with Crippen LogP contribution in [0, 0.1) is 0 Å². The summed E-state index contributed by atoms with van der Waals surface area (Å²) in [5, 5.41) is 4.81. The van der Waals surface area contributed by atoms with Crippen molar-refractivity contribution in [3.05, 3.63) is 90.6 Å². The van der Waals surface area contributed by atoms with Crippen LogP contribution < -0.4 is 9.47 Å². The van der Waals surface area contributed by atoms with E-state index < -0.39 is 0 Å². The van der Waals surface area contributed by atoms with Crippen molar-refractivity contribution in [1.29, 1.82) is 0 Å². The molecule has 5 nitrogen and oxygen atoms in total. The Labute approximate surface area is 169 Å². The molecular weight excluding hydrogens is 362 g/mol. The molecule has 29 heavy (non-hydrogen) atoms. The van der Waals surface area contributed by atoms with Gasteiger partial charge in [0.05, 0.1) is 19.9 Å². The van der Waals surface area contributed by atoms with E-state index in [1.165, 1.54) is 0 Å². The van der Waals surface area contributed by atoms with E-state index >= 15 is 0 Å². The number of ether oxygens (including phenoxy) is 2. The molecule has 0 aliphatic heterocycles. The molecule has 0 atom stereocenters. The van der Waals surface area contributed by atoms with E-state index in [4.69, 9.17) is 14.6 Å². The van der Waals surface area contributed by atoms with E-state index in [1.807, 2.05) is 96.0 Å². The average molecular weight is 383 g/mol. The van der Waals surface area contributed by atoms with Crippen LogP contribution in [0.15, 0.2) is 90.1 Å². The zero-order valence-corrected chi connectivity index (χ0v) is 16.3. The Bertz CT molecular complexity index is 1120. The number of benzene rings is 3. The summed E-state index contributed by atoms with van der Waals surface area (Å²) < 4.78 is 12.5. The summed E-state index contributed by atoms with van der Waals surface area (Å²) in [6.45, 7) is 0. The van der Waals surface area contributed by atoms with Gasteiger partial charge in [0.25, 0.3) is 0 Å². The van der Waals surface area contributed by atoms with E-state index in [1.54, 1.807) is 14.2 Å². The van der Waals surface area contributed by atoms with Crippen molar-refractivity contribution in [2.45, 2.75) is 0 Å². The SMILES string of the molecule is COc1ccc(-c2nn(-c3ccccc3)cc2C=Nc2ccccc2OC)cc1. The molecule has 0 aliphatic carbocycles.